The molecule has 0 amide bonds. The minimum absolute atomic E-state index is 0. The molecule has 1 aliphatic carbocycles. The lowest BCUT2D eigenvalue weighted by molar-refractivity contribution is 0.285. The lowest BCUT2D eigenvalue weighted by Crippen LogP contribution is -2.06. The molecule has 2 rings (SSSR count). The maximum absolute atomic E-state index is 13.5. The Bertz CT molecular complexity index is 353. The second kappa shape index (κ2) is 5.51. The van der Waals surface area contributed by atoms with E-state index in [0.717, 1.165) is 5.56 Å². The fourth-order valence-electron chi connectivity index (χ4n) is 1.41. The number of ether oxygens (including phenoxy) is 1. The Morgan fingerprint density at radius 1 is 1.50 bits per heavy atom. The van der Waals surface area contributed by atoms with Crippen molar-refractivity contribution in [1.29, 1.82) is 0 Å². The average Bonchev–Trinajstić information content (AvgIpc) is 2.99. The summed E-state index contributed by atoms with van der Waals surface area (Å²) in [5.74, 6) is 0.661. The zero-order valence-corrected chi connectivity index (χ0v) is 10.1. The van der Waals surface area contributed by atoms with Gasteiger partial charge in [-0.2, -0.15) is 0 Å². The topological polar surface area (TPSA) is 35.2 Å². The Morgan fingerprint density at radius 2 is 2.19 bits per heavy atom. The Kier molecular flexibility index (Phi) is 4.56. The van der Waals surface area contributed by atoms with Crippen molar-refractivity contribution in [3.63, 3.8) is 0 Å². The minimum Gasteiger partial charge on any atom is -0.490 e. The fraction of sp³-hybridized carbons (Fsp3) is 0.500. The van der Waals surface area contributed by atoms with E-state index in [0.29, 0.717) is 18.3 Å². The smallest absolute Gasteiger partial charge is 0.165 e. The van der Waals surface area contributed by atoms with Crippen molar-refractivity contribution in [2.45, 2.75) is 25.8 Å². The maximum atomic E-state index is 13.5. The molecule has 4 heteroatoms. The number of halogens is 2. The molecule has 0 heterocycles. The Morgan fingerprint density at radius 3 is 2.69 bits per heavy atom. The van der Waals surface area contributed by atoms with E-state index in [9.17, 15) is 4.39 Å². The molecule has 1 aromatic rings. The summed E-state index contributed by atoms with van der Waals surface area (Å²) >= 11 is 0. The van der Waals surface area contributed by atoms with Crippen molar-refractivity contribution in [3.8, 4) is 5.75 Å². The second-order valence-corrected chi connectivity index (χ2v) is 4.23. The monoisotopic (exact) mass is 245 g/mol. The maximum Gasteiger partial charge on any atom is 0.165 e. The molecular formula is C12H17ClFNO. The minimum atomic E-state index is -0.314. The summed E-state index contributed by atoms with van der Waals surface area (Å²) in [5.41, 5.74) is 6.45. The predicted octanol–water partition coefficient (Wildman–Crippen LogP) is 3.06. The summed E-state index contributed by atoms with van der Waals surface area (Å²) in [6.45, 7) is 2.47. The second-order valence-electron chi connectivity index (χ2n) is 4.23. The van der Waals surface area contributed by atoms with Crippen LogP contribution < -0.4 is 10.5 Å². The molecule has 1 aromatic carbocycles. The normalized spacial score (nSPS) is 16.4. The van der Waals surface area contributed by atoms with Crippen LogP contribution in [0, 0.1) is 11.7 Å². The van der Waals surface area contributed by atoms with Crippen LogP contribution in [0.1, 0.15) is 31.4 Å². The van der Waals surface area contributed by atoms with Crippen molar-refractivity contribution in [3.05, 3.63) is 29.6 Å². The number of rotatable bonds is 4. The summed E-state index contributed by atoms with van der Waals surface area (Å²) in [6.07, 6.45) is 2.42. The van der Waals surface area contributed by atoms with Gasteiger partial charge in [-0.25, -0.2) is 4.39 Å². The van der Waals surface area contributed by atoms with Crippen LogP contribution >= 0.6 is 12.4 Å². The molecule has 0 saturated heterocycles. The summed E-state index contributed by atoms with van der Waals surface area (Å²) in [5, 5.41) is 0. The van der Waals surface area contributed by atoms with E-state index in [4.69, 9.17) is 10.5 Å². The first kappa shape index (κ1) is 13.3. The molecule has 90 valence electrons. The van der Waals surface area contributed by atoms with Gasteiger partial charge in [-0.05, 0) is 43.4 Å². The van der Waals surface area contributed by atoms with Crippen LogP contribution in [0.5, 0.6) is 5.75 Å². The van der Waals surface area contributed by atoms with Crippen molar-refractivity contribution in [1.82, 2.24) is 0 Å². The van der Waals surface area contributed by atoms with E-state index in [1.54, 1.807) is 6.07 Å². The summed E-state index contributed by atoms with van der Waals surface area (Å²) < 4.78 is 18.9. The van der Waals surface area contributed by atoms with Crippen molar-refractivity contribution in [2.24, 2.45) is 11.7 Å². The zero-order valence-electron chi connectivity index (χ0n) is 9.28. The summed E-state index contributed by atoms with van der Waals surface area (Å²) in [4.78, 5) is 0. The van der Waals surface area contributed by atoms with Crippen LogP contribution in [0.4, 0.5) is 4.39 Å². The van der Waals surface area contributed by atoms with Crippen molar-refractivity contribution in [2.75, 3.05) is 6.61 Å². The van der Waals surface area contributed by atoms with Crippen molar-refractivity contribution < 1.29 is 9.13 Å². The zero-order chi connectivity index (χ0) is 10.8. The largest absolute Gasteiger partial charge is 0.490 e. The lowest BCUT2D eigenvalue weighted by Gasteiger charge is -2.09. The Balaban J connectivity index is 0.00000128. The van der Waals surface area contributed by atoms with E-state index in [1.165, 1.54) is 18.9 Å². The van der Waals surface area contributed by atoms with E-state index >= 15 is 0 Å². The molecule has 0 aromatic heterocycles. The number of nitrogens with two attached hydrogens (primary N) is 1. The lowest BCUT2D eigenvalue weighted by atomic mass is 10.1. The first-order chi connectivity index (χ1) is 7.16. The predicted molar refractivity (Wildman–Crippen MR) is 64.5 cm³/mol. The van der Waals surface area contributed by atoms with Gasteiger partial charge in [-0.15, -0.1) is 12.4 Å². The van der Waals surface area contributed by atoms with Gasteiger partial charge in [0, 0.05) is 6.04 Å². The molecule has 0 aliphatic heterocycles. The van der Waals surface area contributed by atoms with Gasteiger partial charge in [0.25, 0.3) is 0 Å². The molecule has 0 spiro atoms. The average molecular weight is 246 g/mol. The third-order valence-corrected chi connectivity index (χ3v) is 2.65. The van der Waals surface area contributed by atoms with Crippen LogP contribution in [0.2, 0.25) is 0 Å². The Labute approximate surface area is 101 Å². The van der Waals surface area contributed by atoms with Crippen LogP contribution in [-0.4, -0.2) is 6.61 Å². The Hall–Kier alpha value is -0.800. The first-order valence-corrected chi connectivity index (χ1v) is 5.34. The van der Waals surface area contributed by atoms with Gasteiger partial charge < -0.3 is 10.5 Å². The quantitative estimate of drug-likeness (QED) is 0.885. The molecule has 1 atom stereocenters. The molecule has 16 heavy (non-hydrogen) atoms. The van der Waals surface area contributed by atoms with E-state index in [2.05, 4.69) is 0 Å². The van der Waals surface area contributed by atoms with Gasteiger partial charge in [0.15, 0.2) is 11.6 Å². The fourth-order valence-corrected chi connectivity index (χ4v) is 1.41. The molecule has 1 aliphatic rings. The molecule has 0 unspecified atom stereocenters. The molecule has 2 N–H and O–H groups in total. The van der Waals surface area contributed by atoms with E-state index < -0.39 is 0 Å². The molecule has 1 fully saturated rings. The van der Waals surface area contributed by atoms with Gasteiger partial charge in [0.2, 0.25) is 0 Å². The highest BCUT2D eigenvalue weighted by Gasteiger charge is 2.22. The summed E-state index contributed by atoms with van der Waals surface area (Å²) in [7, 11) is 0. The van der Waals surface area contributed by atoms with Crippen LogP contribution in [-0.2, 0) is 0 Å². The number of hydrogen-bond acceptors (Lipinski definition) is 2. The third-order valence-electron chi connectivity index (χ3n) is 2.65. The highest BCUT2D eigenvalue weighted by molar-refractivity contribution is 5.85. The highest BCUT2D eigenvalue weighted by atomic mass is 35.5. The van der Waals surface area contributed by atoms with E-state index in [1.807, 2.05) is 13.0 Å². The molecular weight excluding hydrogens is 229 g/mol. The number of hydrogen-bond donors (Lipinski definition) is 1. The van der Waals surface area contributed by atoms with Crippen molar-refractivity contribution >= 4 is 12.4 Å². The molecule has 0 radical (unpaired) electrons. The standard InChI is InChI=1S/C12H16FNO.ClH/c1-8(14)10-4-5-12(11(13)6-10)15-7-9-2-3-9;/h4-6,8-9H,2-3,7,14H2,1H3;1H/t8-;/m1./s1. The van der Waals surface area contributed by atoms with Crippen LogP contribution in [0.25, 0.3) is 0 Å². The van der Waals surface area contributed by atoms with E-state index in [-0.39, 0.29) is 24.3 Å². The third kappa shape index (κ3) is 3.35. The van der Waals surface area contributed by atoms with Crippen LogP contribution in [0.3, 0.4) is 0 Å². The SMILES string of the molecule is C[C@@H](N)c1ccc(OCC2CC2)c(F)c1.Cl. The van der Waals surface area contributed by atoms with Gasteiger partial charge in [0.1, 0.15) is 0 Å². The van der Waals surface area contributed by atoms with Crippen LogP contribution in [0.15, 0.2) is 18.2 Å². The van der Waals surface area contributed by atoms with Gasteiger partial charge in [0.05, 0.1) is 6.61 Å². The molecule has 1 saturated carbocycles. The highest BCUT2D eigenvalue weighted by Crippen LogP contribution is 2.30. The molecule has 2 nitrogen and oxygen atoms in total. The molecule has 0 bridgehead atoms. The summed E-state index contributed by atoms with van der Waals surface area (Å²) in [6, 6.07) is 4.79. The van der Waals surface area contributed by atoms with Gasteiger partial charge in [-0.3, -0.25) is 0 Å². The van der Waals surface area contributed by atoms with Gasteiger partial charge >= 0.3 is 0 Å². The van der Waals surface area contributed by atoms with Gasteiger partial charge in [-0.1, -0.05) is 6.07 Å². The first-order valence-electron chi connectivity index (χ1n) is 5.34. The number of benzene rings is 1.